The van der Waals surface area contributed by atoms with Crippen LogP contribution in [-0.2, 0) is 16.0 Å². The fraction of sp³-hybridized carbons (Fsp3) is 0.444. The highest BCUT2D eigenvalue weighted by Gasteiger charge is 2.07. The molecule has 0 aliphatic rings. The zero-order valence-corrected chi connectivity index (χ0v) is 14.3. The summed E-state index contributed by atoms with van der Waals surface area (Å²) in [5.41, 5.74) is 1.13. The number of rotatable bonds is 11. The number of methoxy groups -OCH3 is 1. The van der Waals surface area contributed by atoms with E-state index >= 15 is 0 Å². The number of hydrogen-bond acceptors (Lipinski definition) is 5. The number of para-hydroxylation sites is 1. The van der Waals surface area contributed by atoms with Gasteiger partial charge in [0.1, 0.15) is 17.4 Å². The highest BCUT2D eigenvalue weighted by molar-refractivity contribution is 5.97. The molecule has 0 aromatic heterocycles. The monoisotopic (exact) mass is 331 g/mol. The molecule has 0 aliphatic heterocycles. The Labute approximate surface area is 143 Å². The molecule has 0 aliphatic carbocycles. The lowest BCUT2D eigenvalue weighted by Gasteiger charge is -2.08. The zero-order valence-electron chi connectivity index (χ0n) is 14.3. The predicted octanol–water partition coefficient (Wildman–Crippen LogP) is 1.78. The smallest absolute Gasteiger partial charge is 0.263 e. The summed E-state index contributed by atoms with van der Waals surface area (Å²) in [7, 11) is 1.63. The van der Waals surface area contributed by atoms with Crippen LogP contribution in [0.25, 0.3) is 0 Å². The van der Waals surface area contributed by atoms with Crippen molar-refractivity contribution in [3.8, 4) is 11.8 Å². The number of amides is 1. The molecule has 0 heterocycles. The van der Waals surface area contributed by atoms with Gasteiger partial charge in [-0.25, -0.2) is 0 Å². The number of benzene rings is 1. The van der Waals surface area contributed by atoms with Gasteiger partial charge in [0, 0.05) is 32.5 Å². The van der Waals surface area contributed by atoms with Crippen LogP contribution in [0.4, 0.5) is 0 Å². The SMILES string of the molecule is CCOCCCNC(=O)/C(C#N)=C\NCCc1ccccc1OC. The first-order valence-corrected chi connectivity index (χ1v) is 8.04. The third-order valence-corrected chi connectivity index (χ3v) is 3.30. The molecule has 2 N–H and O–H groups in total. The number of ether oxygens (including phenoxy) is 2. The molecule has 1 rings (SSSR count). The Kier molecular flexibility index (Phi) is 9.74. The Morgan fingerprint density at radius 1 is 1.33 bits per heavy atom. The van der Waals surface area contributed by atoms with Crippen molar-refractivity contribution in [3.63, 3.8) is 0 Å². The minimum atomic E-state index is -0.376. The second kappa shape index (κ2) is 12.0. The van der Waals surface area contributed by atoms with Crippen molar-refractivity contribution in [2.24, 2.45) is 0 Å². The van der Waals surface area contributed by atoms with E-state index in [1.807, 2.05) is 37.3 Å². The maximum Gasteiger partial charge on any atom is 0.263 e. The molecule has 0 radical (unpaired) electrons. The van der Waals surface area contributed by atoms with Crippen LogP contribution >= 0.6 is 0 Å². The number of carbonyl (C=O) groups is 1. The lowest BCUT2D eigenvalue weighted by atomic mass is 10.1. The first kappa shape index (κ1) is 19.5. The molecule has 0 saturated carbocycles. The van der Waals surface area contributed by atoms with Crippen LogP contribution in [-0.4, -0.2) is 39.3 Å². The van der Waals surface area contributed by atoms with Gasteiger partial charge < -0.3 is 20.1 Å². The average molecular weight is 331 g/mol. The second-order valence-electron chi connectivity index (χ2n) is 4.99. The van der Waals surface area contributed by atoms with Crippen molar-refractivity contribution in [2.45, 2.75) is 19.8 Å². The van der Waals surface area contributed by atoms with Gasteiger partial charge in [0.05, 0.1) is 7.11 Å². The van der Waals surface area contributed by atoms with E-state index in [2.05, 4.69) is 10.6 Å². The molecule has 6 heteroatoms. The van der Waals surface area contributed by atoms with Crippen molar-refractivity contribution in [1.29, 1.82) is 5.26 Å². The molecule has 130 valence electrons. The van der Waals surface area contributed by atoms with Gasteiger partial charge in [-0.3, -0.25) is 4.79 Å². The van der Waals surface area contributed by atoms with Gasteiger partial charge in [0.25, 0.3) is 5.91 Å². The minimum absolute atomic E-state index is 0.0615. The van der Waals surface area contributed by atoms with E-state index in [1.54, 1.807) is 7.11 Å². The molecule has 0 spiro atoms. The summed E-state index contributed by atoms with van der Waals surface area (Å²) in [6.07, 6.45) is 2.90. The van der Waals surface area contributed by atoms with Gasteiger partial charge in [-0.15, -0.1) is 0 Å². The van der Waals surface area contributed by atoms with Crippen molar-refractivity contribution in [1.82, 2.24) is 10.6 Å². The Hall–Kier alpha value is -2.52. The summed E-state index contributed by atoms with van der Waals surface area (Å²) < 4.78 is 10.5. The number of nitriles is 1. The zero-order chi connectivity index (χ0) is 17.6. The summed E-state index contributed by atoms with van der Waals surface area (Å²) in [6, 6.07) is 9.66. The van der Waals surface area contributed by atoms with Crippen LogP contribution in [0.2, 0.25) is 0 Å². The third kappa shape index (κ3) is 7.16. The highest BCUT2D eigenvalue weighted by Crippen LogP contribution is 2.17. The maximum atomic E-state index is 11.9. The first-order valence-electron chi connectivity index (χ1n) is 8.04. The molecule has 1 amide bonds. The average Bonchev–Trinajstić information content (AvgIpc) is 2.61. The van der Waals surface area contributed by atoms with E-state index in [1.165, 1.54) is 6.20 Å². The van der Waals surface area contributed by atoms with E-state index in [-0.39, 0.29) is 11.5 Å². The van der Waals surface area contributed by atoms with E-state index in [0.717, 1.165) is 24.2 Å². The van der Waals surface area contributed by atoms with Crippen molar-refractivity contribution >= 4 is 5.91 Å². The molecule has 0 atom stereocenters. The standard InChI is InChI=1S/C18H25N3O3/c1-3-24-12-6-10-21-18(22)16(13-19)14-20-11-9-15-7-4-5-8-17(15)23-2/h4-5,7-8,14,20H,3,6,9-12H2,1-2H3,(H,21,22)/b16-14-. The molecule has 24 heavy (non-hydrogen) atoms. The van der Waals surface area contributed by atoms with Crippen LogP contribution in [0.1, 0.15) is 18.9 Å². The van der Waals surface area contributed by atoms with E-state index in [4.69, 9.17) is 14.7 Å². The van der Waals surface area contributed by atoms with Crippen LogP contribution in [0, 0.1) is 11.3 Å². The van der Waals surface area contributed by atoms with Crippen LogP contribution in [0.5, 0.6) is 5.75 Å². The van der Waals surface area contributed by atoms with Gasteiger partial charge in [0.15, 0.2) is 0 Å². The van der Waals surface area contributed by atoms with Crippen molar-refractivity contribution in [3.05, 3.63) is 41.6 Å². The number of nitrogens with one attached hydrogen (secondary N) is 2. The molecule has 6 nitrogen and oxygen atoms in total. The van der Waals surface area contributed by atoms with Crippen molar-refractivity contribution < 1.29 is 14.3 Å². The lowest BCUT2D eigenvalue weighted by molar-refractivity contribution is -0.117. The molecule has 0 unspecified atom stereocenters. The molecular formula is C18H25N3O3. The number of nitrogens with zero attached hydrogens (tertiary/aromatic N) is 1. The maximum absolute atomic E-state index is 11.9. The summed E-state index contributed by atoms with van der Waals surface area (Å²) in [6.45, 7) is 4.26. The van der Waals surface area contributed by atoms with Crippen LogP contribution in [0.3, 0.4) is 0 Å². The van der Waals surface area contributed by atoms with E-state index < -0.39 is 0 Å². The molecule has 0 bridgehead atoms. The third-order valence-electron chi connectivity index (χ3n) is 3.30. The second-order valence-corrected chi connectivity index (χ2v) is 4.99. The summed E-state index contributed by atoms with van der Waals surface area (Å²) in [5.74, 6) is 0.453. The molecule has 1 aromatic carbocycles. The van der Waals surface area contributed by atoms with Crippen LogP contribution in [0.15, 0.2) is 36.0 Å². The quantitative estimate of drug-likeness (QED) is 0.367. The molecule has 0 fully saturated rings. The summed E-state index contributed by atoms with van der Waals surface area (Å²) >= 11 is 0. The Morgan fingerprint density at radius 3 is 2.83 bits per heavy atom. The fourth-order valence-corrected chi connectivity index (χ4v) is 2.05. The summed E-state index contributed by atoms with van der Waals surface area (Å²) in [4.78, 5) is 11.9. The molecular weight excluding hydrogens is 306 g/mol. The number of hydrogen-bond donors (Lipinski definition) is 2. The number of carbonyl (C=O) groups excluding carboxylic acids is 1. The van der Waals surface area contributed by atoms with Gasteiger partial charge in [-0.1, -0.05) is 18.2 Å². The van der Waals surface area contributed by atoms with E-state index in [0.29, 0.717) is 26.3 Å². The molecule has 0 saturated heterocycles. The Bertz CT molecular complexity index is 579. The fourth-order valence-electron chi connectivity index (χ4n) is 2.05. The summed E-state index contributed by atoms with van der Waals surface area (Å²) in [5, 5.41) is 14.8. The normalized spacial score (nSPS) is 10.8. The van der Waals surface area contributed by atoms with Gasteiger partial charge in [-0.05, 0) is 31.4 Å². The van der Waals surface area contributed by atoms with Gasteiger partial charge in [0.2, 0.25) is 0 Å². The van der Waals surface area contributed by atoms with Crippen LogP contribution < -0.4 is 15.4 Å². The minimum Gasteiger partial charge on any atom is -0.496 e. The largest absolute Gasteiger partial charge is 0.496 e. The van der Waals surface area contributed by atoms with Gasteiger partial charge in [-0.2, -0.15) is 5.26 Å². The highest BCUT2D eigenvalue weighted by atomic mass is 16.5. The topological polar surface area (TPSA) is 83.4 Å². The Morgan fingerprint density at radius 2 is 2.12 bits per heavy atom. The predicted molar refractivity (Wildman–Crippen MR) is 92.5 cm³/mol. The molecule has 1 aromatic rings. The first-order chi connectivity index (χ1) is 11.7. The Balaban J connectivity index is 2.37. The van der Waals surface area contributed by atoms with E-state index in [9.17, 15) is 4.79 Å². The lowest BCUT2D eigenvalue weighted by Crippen LogP contribution is -2.27. The van der Waals surface area contributed by atoms with Crippen molar-refractivity contribution in [2.75, 3.05) is 33.4 Å². The van der Waals surface area contributed by atoms with Gasteiger partial charge >= 0.3 is 0 Å².